The smallest absolute Gasteiger partial charge is 0.245 e. The Morgan fingerprint density at radius 2 is 1.07 bits per heavy atom. The highest BCUT2D eigenvalue weighted by atomic mass is 16.5. The molecule has 4 heterocycles. The Morgan fingerprint density at radius 1 is 0.679 bits per heavy atom. The van der Waals surface area contributed by atoms with E-state index < -0.39 is 0 Å². The van der Waals surface area contributed by atoms with E-state index in [1.165, 1.54) is 0 Å². The van der Waals surface area contributed by atoms with E-state index in [0.29, 0.717) is 45.7 Å². The van der Waals surface area contributed by atoms with Crippen molar-refractivity contribution in [3.8, 4) is 23.4 Å². The number of hydrogen-bond donors (Lipinski definition) is 0. The molecule has 0 aromatic carbocycles. The fourth-order valence-corrected chi connectivity index (χ4v) is 3.02. The van der Waals surface area contributed by atoms with Gasteiger partial charge in [0.15, 0.2) is 22.3 Å². The molecule has 0 saturated carbocycles. The van der Waals surface area contributed by atoms with E-state index >= 15 is 0 Å². The van der Waals surface area contributed by atoms with Crippen LogP contribution >= 0.6 is 0 Å². The summed E-state index contributed by atoms with van der Waals surface area (Å²) in [6.45, 7) is 8.23. The first-order chi connectivity index (χ1) is 13.4. The van der Waals surface area contributed by atoms with Crippen LogP contribution in [0.25, 0.3) is 34.0 Å². The number of nitrogens with zero attached hydrogens (tertiary/aromatic N) is 8. The number of ether oxygens (including phenoxy) is 2. The summed E-state index contributed by atoms with van der Waals surface area (Å²) in [7, 11) is 3.11. The van der Waals surface area contributed by atoms with Gasteiger partial charge >= 0.3 is 0 Å². The van der Waals surface area contributed by atoms with Crippen LogP contribution in [-0.2, 0) is 0 Å². The average Bonchev–Trinajstić information content (AvgIpc) is 3.30. The molecule has 0 fully saturated rings. The molecule has 0 unspecified atom stereocenters. The molecule has 4 rings (SSSR count). The van der Waals surface area contributed by atoms with Crippen LogP contribution in [0.2, 0.25) is 0 Å². The number of methoxy groups -OCH3 is 2. The fourth-order valence-electron chi connectivity index (χ4n) is 3.02. The zero-order valence-electron chi connectivity index (χ0n) is 16.7. The maximum absolute atomic E-state index is 5.44. The van der Waals surface area contributed by atoms with Crippen LogP contribution < -0.4 is 9.47 Å². The molecule has 0 bridgehead atoms. The summed E-state index contributed by atoms with van der Waals surface area (Å²) in [5, 5.41) is 0. The van der Waals surface area contributed by atoms with E-state index in [9.17, 15) is 0 Å². The minimum Gasteiger partial charge on any atom is -0.479 e. The van der Waals surface area contributed by atoms with Gasteiger partial charge in [0.1, 0.15) is 0 Å². The molecule has 10 heteroatoms. The first kappa shape index (κ1) is 18.1. The van der Waals surface area contributed by atoms with Gasteiger partial charge in [0.25, 0.3) is 0 Å². The second kappa shape index (κ2) is 6.70. The molecule has 0 N–H and O–H groups in total. The van der Waals surface area contributed by atoms with Crippen LogP contribution in [0.3, 0.4) is 0 Å². The van der Waals surface area contributed by atoms with Crippen molar-refractivity contribution in [3.05, 3.63) is 12.7 Å². The Morgan fingerprint density at radius 3 is 1.39 bits per heavy atom. The number of fused-ring (bicyclic) bond motifs is 2. The average molecular weight is 382 g/mol. The summed E-state index contributed by atoms with van der Waals surface area (Å²) in [5.74, 6) is 1.42. The second-order valence-corrected chi connectivity index (χ2v) is 6.95. The summed E-state index contributed by atoms with van der Waals surface area (Å²) < 4.78 is 14.8. The molecular formula is C18H22N8O2. The lowest BCUT2D eigenvalue weighted by Crippen LogP contribution is -2.06. The van der Waals surface area contributed by atoms with Gasteiger partial charge in [-0.3, -0.25) is 0 Å². The lowest BCUT2D eigenvalue weighted by atomic mass is 10.3. The molecular weight excluding hydrogens is 360 g/mol. The van der Waals surface area contributed by atoms with Crippen LogP contribution in [0.1, 0.15) is 39.8 Å². The standard InChI is InChI=1S/C18H22N8O2/c1-9(2)25-7-19-11-15(25)21-13(23-17(11)27-5)14-22-16-12(18(24-14)28-6)20-8-26(16)10(3)4/h7-10H,1-6H3. The van der Waals surface area contributed by atoms with Crippen molar-refractivity contribution >= 4 is 22.3 Å². The highest BCUT2D eigenvalue weighted by molar-refractivity contribution is 5.81. The molecule has 0 amide bonds. The van der Waals surface area contributed by atoms with E-state index in [1.54, 1.807) is 26.9 Å². The first-order valence-electron chi connectivity index (χ1n) is 9.02. The number of aromatic nitrogens is 8. The topological polar surface area (TPSA) is 106 Å². The summed E-state index contributed by atoms with van der Waals surface area (Å²) >= 11 is 0. The quantitative estimate of drug-likeness (QED) is 0.519. The molecule has 10 nitrogen and oxygen atoms in total. The van der Waals surface area contributed by atoms with Crippen molar-refractivity contribution in [2.24, 2.45) is 0 Å². The Kier molecular flexibility index (Phi) is 4.33. The van der Waals surface area contributed by atoms with Crippen LogP contribution in [0.15, 0.2) is 12.7 Å². The molecule has 4 aromatic rings. The predicted molar refractivity (Wildman–Crippen MR) is 104 cm³/mol. The van der Waals surface area contributed by atoms with E-state index in [1.807, 2.05) is 9.13 Å². The van der Waals surface area contributed by atoms with Crippen LogP contribution in [0, 0.1) is 0 Å². The van der Waals surface area contributed by atoms with E-state index in [4.69, 9.17) is 9.47 Å². The van der Waals surface area contributed by atoms with Crippen molar-refractivity contribution in [2.45, 2.75) is 39.8 Å². The lowest BCUT2D eigenvalue weighted by Gasteiger charge is -2.11. The zero-order valence-corrected chi connectivity index (χ0v) is 16.7. The van der Waals surface area contributed by atoms with Crippen molar-refractivity contribution in [2.75, 3.05) is 14.2 Å². The molecule has 28 heavy (non-hydrogen) atoms. The summed E-state index contributed by atoms with van der Waals surface area (Å²) in [4.78, 5) is 27.1. The van der Waals surface area contributed by atoms with Crippen LogP contribution in [0.5, 0.6) is 11.8 Å². The molecule has 0 saturated heterocycles. The molecule has 146 valence electrons. The monoisotopic (exact) mass is 382 g/mol. The van der Waals surface area contributed by atoms with Gasteiger partial charge < -0.3 is 18.6 Å². The van der Waals surface area contributed by atoms with Gasteiger partial charge in [-0.15, -0.1) is 0 Å². The van der Waals surface area contributed by atoms with Gasteiger partial charge in [0, 0.05) is 12.1 Å². The van der Waals surface area contributed by atoms with Gasteiger partial charge in [0.05, 0.1) is 26.9 Å². The van der Waals surface area contributed by atoms with Crippen molar-refractivity contribution in [1.82, 2.24) is 39.0 Å². The molecule has 0 spiro atoms. The maximum atomic E-state index is 5.44. The molecule has 0 atom stereocenters. The van der Waals surface area contributed by atoms with Gasteiger partial charge in [-0.1, -0.05) is 0 Å². The molecule has 0 aliphatic heterocycles. The van der Waals surface area contributed by atoms with Gasteiger partial charge in [-0.25, -0.2) is 19.9 Å². The van der Waals surface area contributed by atoms with Crippen molar-refractivity contribution in [3.63, 3.8) is 0 Å². The minimum atomic E-state index is 0.178. The molecule has 4 aromatic heterocycles. The Bertz CT molecular complexity index is 1070. The third-order valence-corrected chi connectivity index (χ3v) is 4.48. The second-order valence-electron chi connectivity index (χ2n) is 6.95. The lowest BCUT2D eigenvalue weighted by molar-refractivity contribution is 0.400. The SMILES string of the molecule is COc1nc(-c2nc(OC)c3ncn(C(C)C)c3n2)nc2c1ncn2C(C)C. The van der Waals surface area contributed by atoms with Gasteiger partial charge in [-0.2, -0.15) is 9.97 Å². The summed E-state index contributed by atoms with van der Waals surface area (Å²) in [6.07, 6.45) is 3.46. The Hall–Kier alpha value is -3.30. The molecule has 0 radical (unpaired) electrons. The van der Waals surface area contributed by atoms with E-state index in [-0.39, 0.29) is 12.1 Å². The third kappa shape index (κ3) is 2.72. The van der Waals surface area contributed by atoms with E-state index in [2.05, 4.69) is 57.6 Å². The number of hydrogen-bond acceptors (Lipinski definition) is 8. The van der Waals surface area contributed by atoms with Crippen LogP contribution in [-0.4, -0.2) is 53.3 Å². The fraction of sp³-hybridized carbons (Fsp3) is 0.444. The van der Waals surface area contributed by atoms with Crippen molar-refractivity contribution in [1.29, 1.82) is 0 Å². The summed E-state index contributed by atoms with van der Waals surface area (Å²) in [6, 6.07) is 0.357. The highest BCUT2D eigenvalue weighted by Crippen LogP contribution is 2.29. The van der Waals surface area contributed by atoms with Gasteiger partial charge in [0.2, 0.25) is 23.4 Å². The van der Waals surface area contributed by atoms with Crippen LogP contribution in [0.4, 0.5) is 0 Å². The largest absolute Gasteiger partial charge is 0.479 e. The van der Waals surface area contributed by atoms with Gasteiger partial charge in [-0.05, 0) is 27.7 Å². The third-order valence-electron chi connectivity index (χ3n) is 4.48. The Labute approximate surface area is 161 Å². The van der Waals surface area contributed by atoms with Crippen molar-refractivity contribution < 1.29 is 9.47 Å². The highest BCUT2D eigenvalue weighted by Gasteiger charge is 2.21. The number of imidazole rings is 2. The predicted octanol–water partition coefficient (Wildman–Crippen LogP) is 2.81. The number of rotatable bonds is 5. The Balaban J connectivity index is 2.00. The normalized spacial score (nSPS) is 11.9. The first-order valence-corrected chi connectivity index (χ1v) is 9.02. The van der Waals surface area contributed by atoms with E-state index in [0.717, 1.165) is 0 Å². The maximum Gasteiger partial charge on any atom is 0.245 e. The zero-order chi connectivity index (χ0) is 20.0. The summed E-state index contributed by atoms with van der Waals surface area (Å²) in [5.41, 5.74) is 2.52. The molecule has 0 aliphatic carbocycles. The minimum absolute atomic E-state index is 0.178. The molecule has 0 aliphatic rings.